The summed E-state index contributed by atoms with van der Waals surface area (Å²) in [5.41, 5.74) is 0.280. The molecule has 1 saturated heterocycles. The fourth-order valence-electron chi connectivity index (χ4n) is 1.84. The Labute approximate surface area is 115 Å². The molecule has 0 radical (unpaired) electrons. The first-order valence-electron chi connectivity index (χ1n) is 6.07. The van der Waals surface area contributed by atoms with Crippen LogP contribution in [0.15, 0.2) is 30.3 Å². The van der Waals surface area contributed by atoms with Crippen LogP contribution < -0.4 is 0 Å². The topological polar surface area (TPSA) is 116 Å². The van der Waals surface area contributed by atoms with E-state index in [0.717, 1.165) is 0 Å². The van der Waals surface area contributed by atoms with Gasteiger partial charge in [-0.3, -0.25) is 0 Å². The number of aliphatic hydroxyl groups is 4. The predicted octanol–water partition coefficient (Wildman–Crippen LogP) is -1.36. The van der Waals surface area contributed by atoms with Crippen LogP contribution in [-0.4, -0.2) is 63.7 Å². The SMILES string of the molecule is O=C(OCC1(O)OC[C@@H](O)[C@@H](O)[C@@H]1O)c1ccccc1. The number of hydrogen-bond donors (Lipinski definition) is 4. The van der Waals surface area contributed by atoms with Gasteiger partial charge in [-0.25, -0.2) is 4.79 Å². The standard InChI is InChI=1S/C13H16O7/c14-9-6-20-13(18,11(16)10(9)15)7-19-12(17)8-4-2-1-3-5-8/h1-5,9-11,14-16,18H,6-7H2/t9-,10-,11+,13?/m1/s1. The highest BCUT2D eigenvalue weighted by molar-refractivity contribution is 5.89. The van der Waals surface area contributed by atoms with Crippen LogP contribution in [0.1, 0.15) is 10.4 Å². The Morgan fingerprint density at radius 2 is 1.95 bits per heavy atom. The minimum absolute atomic E-state index is 0.280. The highest BCUT2D eigenvalue weighted by atomic mass is 16.7. The molecule has 2 rings (SSSR count). The summed E-state index contributed by atoms with van der Waals surface area (Å²) in [6, 6.07) is 8.09. The van der Waals surface area contributed by atoms with Gasteiger partial charge in [0.05, 0.1) is 12.2 Å². The summed E-state index contributed by atoms with van der Waals surface area (Å²) >= 11 is 0. The molecular formula is C13H16O7. The third kappa shape index (κ3) is 2.97. The van der Waals surface area contributed by atoms with Crippen molar-refractivity contribution in [3.8, 4) is 0 Å². The van der Waals surface area contributed by atoms with Crippen molar-refractivity contribution in [3.05, 3.63) is 35.9 Å². The van der Waals surface area contributed by atoms with Crippen molar-refractivity contribution in [3.63, 3.8) is 0 Å². The van der Waals surface area contributed by atoms with Gasteiger partial charge in [0.2, 0.25) is 5.79 Å². The molecule has 4 N–H and O–H groups in total. The molecule has 1 aromatic rings. The van der Waals surface area contributed by atoms with E-state index in [1.807, 2.05) is 0 Å². The lowest BCUT2D eigenvalue weighted by Crippen LogP contribution is -2.63. The summed E-state index contributed by atoms with van der Waals surface area (Å²) < 4.78 is 9.72. The lowest BCUT2D eigenvalue weighted by molar-refractivity contribution is -0.330. The molecule has 4 atom stereocenters. The lowest BCUT2D eigenvalue weighted by Gasteiger charge is -2.40. The zero-order chi connectivity index (χ0) is 14.8. The molecule has 1 aliphatic rings. The van der Waals surface area contributed by atoms with Crippen molar-refractivity contribution >= 4 is 5.97 Å². The molecule has 0 aliphatic carbocycles. The van der Waals surface area contributed by atoms with Crippen molar-refractivity contribution in [1.82, 2.24) is 0 Å². The molecule has 7 heteroatoms. The molecule has 0 aromatic heterocycles. The van der Waals surface area contributed by atoms with E-state index >= 15 is 0 Å². The molecule has 1 heterocycles. The van der Waals surface area contributed by atoms with E-state index in [1.165, 1.54) is 12.1 Å². The van der Waals surface area contributed by atoms with Crippen molar-refractivity contribution in [1.29, 1.82) is 0 Å². The van der Waals surface area contributed by atoms with E-state index in [1.54, 1.807) is 18.2 Å². The molecule has 0 amide bonds. The van der Waals surface area contributed by atoms with Crippen molar-refractivity contribution in [2.24, 2.45) is 0 Å². The number of rotatable bonds is 3. The van der Waals surface area contributed by atoms with E-state index in [-0.39, 0.29) is 12.2 Å². The quantitative estimate of drug-likeness (QED) is 0.507. The molecule has 110 valence electrons. The monoisotopic (exact) mass is 284 g/mol. The Morgan fingerprint density at radius 1 is 1.30 bits per heavy atom. The van der Waals surface area contributed by atoms with Gasteiger partial charge in [-0.05, 0) is 12.1 Å². The molecule has 0 saturated carbocycles. The molecule has 1 fully saturated rings. The Kier molecular flexibility index (Phi) is 4.36. The van der Waals surface area contributed by atoms with Crippen LogP contribution in [0, 0.1) is 0 Å². The van der Waals surface area contributed by atoms with Gasteiger partial charge >= 0.3 is 5.97 Å². The number of carbonyl (C=O) groups is 1. The van der Waals surface area contributed by atoms with E-state index in [0.29, 0.717) is 0 Å². The molecule has 20 heavy (non-hydrogen) atoms. The van der Waals surface area contributed by atoms with Crippen LogP contribution in [-0.2, 0) is 9.47 Å². The summed E-state index contributed by atoms with van der Waals surface area (Å²) in [5, 5.41) is 38.4. The van der Waals surface area contributed by atoms with E-state index < -0.39 is 36.7 Å². The van der Waals surface area contributed by atoms with Crippen molar-refractivity contribution in [2.45, 2.75) is 24.1 Å². The highest BCUT2D eigenvalue weighted by Crippen LogP contribution is 2.24. The second-order valence-corrected chi connectivity index (χ2v) is 4.60. The third-order valence-electron chi connectivity index (χ3n) is 3.10. The van der Waals surface area contributed by atoms with Crippen LogP contribution >= 0.6 is 0 Å². The average Bonchev–Trinajstić information content (AvgIpc) is 2.48. The molecule has 0 bridgehead atoms. The lowest BCUT2D eigenvalue weighted by atomic mass is 9.97. The first kappa shape index (κ1) is 14.9. The normalized spacial score (nSPS) is 33.7. The second kappa shape index (κ2) is 5.86. The van der Waals surface area contributed by atoms with Crippen LogP contribution in [0.5, 0.6) is 0 Å². The number of carbonyl (C=O) groups excluding carboxylic acids is 1. The predicted molar refractivity (Wildman–Crippen MR) is 65.6 cm³/mol. The number of esters is 1. The van der Waals surface area contributed by atoms with Crippen LogP contribution in [0.3, 0.4) is 0 Å². The van der Waals surface area contributed by atoms with Crippen molar-refractivity contribution < 1.29 is 34.7 Å². The van der Waals surface area contributed by atoms with Crippen LogP contribution in [0.25, 0.3) is 0 Å². The first-order chi connectivity index (χ1) is 9.44. The van der Waals surface area contributed by atoms with Gasteiger partial charge < -0.3 is 29.9 Å². The minimum Gasteiger partial charge on any atom is -0.456 e. The van der Waals surface area contributed by atoms with Gasteiger partial charge in [-0.15, -0.1) is 0 Å². The first-order valence-corrected chi connectivity index (χ1v) is 6.07. The summed E-state index contributed by atoms with van der Waals surface area (Å²) in [6.07, 6.45) is -4.67. The Bertz CT molecular complexity index is 463. The molecule has 1 unspecified atom stereocenters. The zero-order valence-corrected chi connectivity index (χ0v) is 10.5. The van der Waals surface area contributed by atoms with Gasteiger partial charge in [0.1, 0.15) is 24.9 Å². The van der Waals surface area contributed by atoms with Crippen molar-refractivity contribution in [2.75, 3.05) is 13.2 Å². The Morgan fingerprint density at radius 3 is 2.60 bits per heavy atom. The summed E-state index contributed by atoms with van der Waals surface area (Å²) in [4.78, 5) is 11.7. The minimum atomic E-state index is -2.25. The Hall–Kier alpha value is -1.51. The molecular weight excluding hydrogens is 268 g/mol. The number of benzene rings is 1. The van der Waals surface area contributed by atoms with E-state index in [2.05, 4.69) is 0 Å². The zero-order valence-electron chi connectivity index (χ0n) is 10.5. The Balaban J connectivity index is 1.98. The maximum Gasteiger partial charge on any atom is 0.338 e. The number of ether oxygens (including phenoxy) is 2. The van der Waals surface area contributed by atoms with E-state index in [9.17, 15) is 25.2 Å². The summed E-state index contributed by atoms with van der Waals surface area (Å²) in [6.45, 7) is -1.04. The van der Waals surface area contributed by atoms with E-state index in [4.69, 9.17) is 9.47 Å². The average molecular weight is 284 g/mol. The maximum atomic E-state index is 11.7. The van der Waals surface area contributed by atoms with Crippen LogP contribution in [0.2, 0.25) is 0 Å². The van der Waals surface area contributed by atoms with Crippen LogP contribution in [0.4, 0.5) is 0 Å². The largest absolute Gasteiger partial charge is 0.456 e. The number of aliphatic hydroxyl groups excluding tert-OH is 3. The van der Waals surface area contributed by atoms with Gasteiger partial charge in [0.15, 0.2) is 0 Å². The van der Waals surface area contributed by atoms with Gasteiger partial charge in [0, 0.05) is 0 Å². The molecule has 1 aliphatic heterocycles. The second-order valence-electron chi connectivity index (χ2n) is 4.60. The summed E-state index contributed by atoms with van der Waals surface area (Å²) in [7, 11) is 0. The smallest absolute Gasteiger partial charge is 0.338 e. The van der Waals surface area contributed by atoms with Gasteiger partial charge in [-0.1, -0.05) is 18.2 Å². The molecule has 1 aromatic carbocycles. The fourth-order valence-corrected chi connectivity index (χ4v) is 1.84. The van der Waals surface area contributed by atoms with Gasteiger partial charge in [-0.2, -0.15) is 0 Å². The maximum absolute atomic E-state index is 11.7. The summed E-state index contributed by atoms with van der Waals surface area (Å²) in [5.74, 6) is -2.95. The van der Waals surface area contributed by atoms with Gasteiger partial charge in [0.25, 0.3) is 0 Å². The fraction of sp³-hybridized carbons (Fsp3) is 0.462. The molecule has 7 nitrogen and oxygen atoms in total. The number of hydrogen-bond acceptors (Lipinski definition) is 7. The highest BCUT2D eigenvalue weighted by Gasteiger charge is 2.49. The molecule has 0 spiro atoms. The third-order valence-corrected chi connectivity index (χ3v) is 3.10.